The highest BCUT2D eigenvalue weighted by molar-refractivity contribution is 7.92. The number of benzene rings is 2. The topological polar surface area (TPSA) is 105 Å². The van der Waals surface area contributed by atoms with Gasteiger partial charge in [0.2, 0.25) is 15.9 Å². The molecule has 1 saturated carbocycles. The molecular weight excluding hydrogens is 466 g/mol. The number of hydrogen-bond acceptors (Lipinski definition) is 5. The van der Waals surface area contributed by atoms with Crippen molar-refractivity contribution < 1.29 is 22.7 Å². The van der Waals surface area contributed by atoms with Crippen molar-refractivity contribution in [3.05, 3.63) is 53.1 Å². The minimum absolute atomic E-state index is 0.121. The first-order chi connectivity index (χ1) is 15.7. The molecule has 0 aliphatic heterocycles. The minimum atomic E-state index is -3.79. The summed E-state index contributed by atoms with van der Waals surface area (Å²) in [6.45, 7) is -0.486. The van der Waals surface area contributed by atoms with E-state index in [1.807, 2.05) is 0 Å². The SMILES string of the molecule is COc1ccc(N(CC(=O)Nc2ccccc2C(=O)NC2CCCCC2)S(C)(=O)=O)cc1Cl. The maximum Gasteiger partial charge on any atom is 0.253 e. The molecule has 0 saturated heterocycles. The Morgan fingerprint density at radius 1 is 1.12 bits per heavy atom. The molecule has 1 aliphatic carbocycles. The summed E-state index contributed by atoms with van der Waals surface area (Å²) in [7, 11) is -2.34. The third-order valence-electron chi connectivity index (χ3n) is 5.50. The highest BCUT2D eigenvalue weighted by Crippen LogP contribution is 2.30. The lowest BCUT2D eigenvalue weighted by atomic mass is 9.95. The number of halogens is 1. The fraction of sp³-hybridized carbons (Fsp3) is 0.391. The molecule has 178 valence electrons. The van der Waals surface area contributed by atoms with Gasteiger partial charge in [0.25, 0.3) is 5.91 Å². The van der Waals surface area contributed by atoms with Crippen molar-refractivity contribution >= 4 is 44.8 Å². The van der Waals surface area contributed by atoms with Gasteiger partial charge in [-0.2, -0.15) is 0 Å². The second-order valence-electron chi connectivity index (χ2n) is 7.99. The molecule has 2 N–H and O–H groups in total. The first-order valence-electron chi connectivity index (χ1n) is 10.7. The van der Waals surface area contributed by atoms with Gasteiger partial charge >= 0.3 is 0 Å². The predicted molar refractivity (Wildman–Crippen MR) is 130 cm³/mol. The van der Waals surface area contributed by atoms with E-state index in [0.717, 1.165) is 36.2 Å². The van der Waals surface area contributed by atoms with Crippen molar-refractivity contribution in [3.8, 4) is 5.75 Å². The molecule has 0 heterocycles. The lowest BCUT2D eigenvalue weighted by Gasteiger charge is -2.24. The van der Waals surface area contributed by atoms with Crippen LogP contribution in [0.5, 0.6) is 5.75 Å². The summed E-state index contributed by atoms with van der Waals surface area (Å²) in [6, 6.07) is 11.2. The maximum absolute atomic E-state index is 12.8. The summed E-state index contributed by atoms with van der Waals surface area (Å²) in [5.41, 5.74) is 0.869. The van der Waals surface area contributed by atoms with E-state index in [9.17, 15) is 18.0 Å². The second-order valence-corrected chi connectivity index (χ2v) is 10.3. The minimum Gasteiger partial charge on any atom is -0.495 e. The van der Waals surface area contributed by atoms with Crippen LogP contribution in [0.2, 0.25) is 5.02 Å². The van der Waals surface area contributed by atoms with Crippen molar-refractivity contribution in [2.75, 3.05) is 29.5 Å². The molecule has 10 heteroatoms. The smallest absolute Gasteiger partial charge is 0.253 e. The predicted octanol–water partition coefficient (Wildman–Crippen LogP) is 3.82. The van der Waals surface area contributed by atoms with Crippen LogP contribution >= 0.6 is 11.6 Å². The van der Waals surface area contributed by atoms with E-state index >= 15 is 0 Å². The van der Waals surface area contributed by atoms with Crippen LogP contribution in [-0.4, -0.2) is 46.2 Å². The van der Waals surface area contributed by atoms with Crippen LogP contribution in [0.15, 0.2) is 42.5 Å². The van der Waals surface area contributed by atoms with Gasteiger partial charge in [0.05, 0.1) is 35.3 Å². The molecule has 0 unspecified atom stereocenters. The maximum atomic E-state index is 12.8. The van der Waals surface area contributed by atoms with Crippen LogP contribution in [0.3, 0.4) is 0 Å². The standard InChI is InChI=1S/C23H28ClN3O5S/c1-32-21-13-12-17(14-19(21)24)27(33(2,30)31)15-22(28)26-20-11-7-6-10-18(20)23(29)25-16-8-4-3-5-9-16/h6-7,10-14,16H,3-5,8-9,15H2,1-2H3,(H,25,29)(H,26,28). The Morgan fingerprint density at radius 2 is 1.82 bits per heavy atom. The quantitative estimate of drug-likeness (QED) is 0.581. The average Bonchev–Trinajstić information content (AvgIpc) is 2.77. The third kappa shape index (κ3) is 6.61. The summed E-state index contributed by atoms with van der Waals surface area (Å²) in [5, 5.41) is 5.92. The number of rotatable bonds is 8. The molecule has 2 aromatic rings. The normalized spacial score (nSPS) is 14.4. The number of nitrogens with zero attached hydrogens (tertiary/aromatic N) is 1. The molecule has 33 heavy (non-hydrogen) atoms. The highest BCUT2D eigenvalue weighted by Gasteiger charge is 2.24. The van der Waals surface area contributed by atoms with Crippen molar-refractivity contribution in [2.45, 2.75) is 38.1 Å². The number of methoxy groups -OCH3 is 1. The molecule has 0 aromatic heterocycles. The Morgan fingerprint density at radius 3 is 2.45 bits per heavy atom. The average molecular weight is 494 g/mol. The number of ether oxygens (including phenoxy) is 1. The first-order valence-corrected chi connectivity index (χ1v) is 12.9. The number of carbonyl (C=O) groups excluding carboxylic acids is 2. The van der Waals surface area contributed by atoms with Crippen molar-refractivity contribution in [1.29, 1.82) is 0 Å². The van der Waals surface area contributed by atoms with Crippen molar-refractivity contribution in [1.82, 2.24) is 5.32 Å². The van der Waals surface area contributed by atoms with Gasteiger partial charge in [-0.25, -0.2) is 8.42 Å². The monoisotopic (exact) mass is 493 g/mol. The summed E-state index contributed by atoms with van der Waals surface area (Å²) in [6.07, 6.45) is 6.22. The molecule has 0 radical (unpaired) electrons. The zero-order valence-electron chi connectivity index (χ0n) is 18.6. The molecule has 0 spiro atoms. The van der Waals surface area contributed by atoms with E-state index in [4.69, 9.17) is 16.3 Å². The van der Waals surface area contributed by atoms with Gasteiger partial charge < -0.3 is 15.4 Å². The Balaban J connectivity index is 1.76. The van der Waals surface area contributed by atoms with E-state index < -0.39 is 22.5 Å². The molecule has 1 aliphatic rings. The zero-order valence-corrected chi connectivity index (χ0v) is 20.2. The fourth-order valence-electron chi connectivity index (χ4n) is 3.83. The number of sulfonamides is 1. The molecule has 0 bridgehead atoms. The Labute approximate surface area is 199 Å². The first kappa shape index (κ1) is 24.9. The summed E-state index contributed by atoms with van der Waals surface area (Å²) in [5.74, 6) is -0.471. The number of amides is 2. The zero-order chi connectivity index (χ0) is 24.0. The molecule has 2 aromatic carbocycles. The highest BCUT2D eigenvalue weighted by atomic mass is 35.5. The summed E-state index contributed by atoms with van der Waals surface area (Å²) >= 11 is 6.13. The van der Waals surface area contributed by atoms with Crippen molar-refractivity contribution in [3.63, 3.8) is 0 Å². The summed E-state index contributed by atoms with van der Waals surface area (Å²) < 4.78 is 30.8. The van der Waals surface area contributed by atoms with Crippen LogP contribution < -0.4 is 19.7 Å². The fourth-order valence-corrected chi connectivity index (χ4v) is 4.93. The molecule has 8 nitrogen and oxygen atoms in total. The molecule has 1 fully saturated rings. The van der Waals surface area contributed by atoms with Gasteiger partial charge in [-0.05, 0) is 43.2 Å². The number of nitrogens with one attached hydrogen (secondary N) is 2. The lowest BCUT2D eigenvalue weighted by Crippen LogP contribution is -2.38. The Bertz CT molecular complexity index is 1120. The van der Waals surface area contributed by atoms with E-state index in [0.29, 0.717) is 17.0 Å². The van der Waals surface area contributed by atoms with Crippen LogP contribution in [0, 0.1) is 0 Å². The van der Waals surface area contributed by atoms with Gasteiger partial charge in [0.1, 0.15) is 12.3 Å². The van der Waals surface area contributed by atoms with E-state index in [1.54, 1.807) is 24.3 Å². The molecule has 0 atom stereocenters. The van der Waals surface area contributed by atoms with Gasteiger partial charge in [0.15, 0.2) is 0 Å². The lowest BCUT2D eigenvalue weighted by molar-refractivity contribution is -0.114. The Hall–Kier alpha value is -2.78. The van der Waals surface area contributed by atoms with Crippen LogP contribution in [0.1, 0.15) is 42.5 Å². The number of para-hydroxylation sites is 1. The van der Waals surface area contributed by atoms with E-state index in [2.05, 4.69) is 10.6 Å². The summed E-state index contributed by atoms with van der Waals surface area (Å²) in [4.78, 5) is 25.6. The molecule has 2 amide bonds. The van der Waals surface area contributed by atoms with Crippen LogP contribution in [0.4, 0.5) is 11.4 Å². The van der Waals surface area contributed by atoms with Crippen molar-refractivity contribution in [2.24, 2.45) is 0 Å². The van der Waals surface area contributed by atoms with Crippen LogP contribution in [0.25, 0.3) is 0 Å². The van der Waals surface area contributed by atoms with Crippen LogP contribution in [-0.2, 0) is 14.8 Å². The van der Waals surface area contributed by atoms with Gasteiger partial charge in [-0.15, -0.1) is 0 Å². The number of anilines is 2. The van der Waals surface area contributed by atoms with Gasteiger partial charge in [0, 0.05) is 6.04 Å². The number of carbonyl (C=O) groups is 2. The van der Waals surface area contributed by atoms with E-state index in [1.165, 1.54) is 31.7 Å². The number of hydrogen-bond donors (Lipinski definition) is 2. The van der Waals surface area contributed by atoms with Gasteiger partial charge in [-0.1, -0.05) is 43.0 Å². The molecular formula is C23H28ClN3O5S. The third-order valence-corrected chi connectivity index (χ3v) is 6.93. The second kappa shape index (κ2) is 10.9. The molecule has 3 rings (SSSR count). The Kier molecular flexibility index (Phi) is 8.20. The van der Waals surface area contributed by atoms with Gasteiger partial charge in [-0.3, -0.25) is 13.9 Å². The largest absolute Gasteiger partial charge is 0.495 e. The van der Waals surface area contributed by atoms with E-state index in [-0.39, 0.29) is 22.7 Å².